The fourth-order valence-corrected chi connectivity index (χ4v) is 1.37. The van der Waals surface area contributed by atoms with Crippen molar-refractivity contribution in [1.29, 1.82) is 0 Å². The molecule has 0 bridgehead atoms. The van der Waals surface area contributed by atoms with Gasteiger partial charge in [0.1, 0.15) is 5.76 Å². The van der Waals surface area contributed by atoms with E-state index in [4.69, 9.17) is 4.42 Å². The van der Waals surface area contributed by atoms with Crippen LogP contribution in [-0.2, 0) is 6.42 Å². The minimum atomic E-state index is 0.756. The van der Waals surface area contributed by atoms with Crippen molar-refractivity contribution in [3.8, 4) is 0 Å². The third kappa shape index (κ3) is 2.79. The van der Waals surface area contributed by atoms with Crippen LogP contribution in [0, 0.1) is 5.92 Å². The number of hydrogen-bond donors (Lipinski definition) is 0. The monoisotopic (exact) mass is 152 g/mol. The van der Waals surface area contributed by atoms with Gasteiger partial charge in [0.15, 0.2) is 0 Å². The molecule has 0 aromatic carbocycles. The minimum absolute atomic E-state index is 0.756. The van der Waals surface area contributed by atoms with Gasteiger partial charge in [0.05, 0.1) is 6.26 Å². The molecule has 1 rings (SSSR count). The first-order valence-corrected chi connectivity index (χ1v) is 4.35. The lowest BCUT2D eigenvalue weighted by Crippen LogP contribution is -1.97. The normalized spacial score (nSPS) is 13.3. The van der Waals surface area contributed by atoms with Crippen molar-refractivity contribution in [3.63, 3.8) is 0 Å². The van der Waals surface area contributed by atoms with Gasteiger partial charge in [0.2, 0.25) is 0 Å². The molecule has 1 heteroatoms. The predicted octanol–water partition coefficient (Wildman–Crippen LogP) is 3.26. The Bertz CT molecular complexity index is 177. The average molecular weight is 152 g/mol. The highest BCUT2D eigenvalue weighted by atomic mass is 16.3. The van der Waals surface area contributed by atoms with Crippen molar-refractivity contribution >= 4 is 0 Å². The standard InChI is InChI=1S/C10H16O/c1-3-5-9(2)8-10-6-4-7-11-10/h4,6-7,9H,3,5,8H2,1-2H3. The molecule has 0 fully saturated rings. The van der Waals surface area contributed by atoms with Crippen molar-refractivity contribution in [2.45, 2.75) is 33.1 Å². The highest BCUT2D eigenvalue weighted by molar-refractivity contribution is 4.98. The molecule has 1 aromatic heterocycles. The van der Waals surface area contributed by atoms with Gasteiger partial charge >= 0.3 is 0 Å². The lowest BCUT2D eigenvalue weighted by atomic mass is 10.0. The number of rotatable bonds is 4. The van der Waals surface area contributed by atoms with Crippen LogP contribution in [-0.4, -0.2) is 0 Å². The molecule has 0 N–H and O–H groups in total. The molecule has 0 spiro atoms. The van der Waals surface area contributed by atoms with E-state index in [9.17, 15) is 0 Å². The SMILES string of the molecule is CCCC(C)Cc1ccco1. The fourth-order valence-electron chi connectivity index (χ4n) is 1.37. The zero-order chi connectivity index (χ0) is 8.10. The largest absolute Gasteiger partial charge is 0.469 e. The molecule has 1 atom stereocenters. The van der Waals surface area contributed by atoms with Crippen LogP contribution in [0.15, 0.2) is 22.8 Å². The van der Waals surface area contributed by atoms with Crippen LogP contribution in [0.25, 0.3) is 0 Å². The summed E-state index contributed by atoms with van der Waals surface area (Å²) in [4.78, 5) is 0. The van der Waals surface area contributed by atoms with E-state index < -0.39 is 0 Å². The molecule has 0 saturated heterocycles. The summed E-state index contributed by atoms with van der Waals surface area (Å²) in [6.07, 6.45) is 5.39. The molecule has 0 aliphatic heterocycles. The Morgan fingerprint density at radius 3 is 2.91 bits per heavy atom. The van der Waals surface area contributed by atoms with Crippen molar-refractivity contribution < 1.29 is 4.42 Å². The third-order valence-corrected chi connectivity index (χ3v) is 1.91. The van der Waals surface area contributed by atoms with E-state index in [1.54, 1.807) is 6.26 Å². The maximum absolute atomic E-state index is 5.25. The zero-order valence-electron chi connectivity index (χ0n) is 7.34. The molecule has 1 aromatic rings. The first-order chi connectivity index (χ1) is 5.33. The summed E-state index contributed by atoms with van der Waals surface area (Å²) in [6.45, 7) is 4.49. The summed E-state index contributed by atoms with van der Waals surface area (Å²) in [5.74, 6) is 1.87. The lowest BCUT2D eigenvalue weighted by Gasteiger charge is -2.06. The van der Waals surface area contributed by atoms with Gasteiger partial charge in [-0.1, -0.05) is 26.7 Å². The van der Waals surface area contributed by atoms with Gasteiger partial charge in [-0.15, -0.1) is 0 Å². The molecule has 1 nitrogen and oxygen atoms in total. The van der Waals surface area contributed by atoms with E-state index in [-0.39, 0.29) is 0 Å². The summed E-state index contributed by atoms with van der Waals surface area (Å²) in [5.41, 5.74) is 0. The van der Waals surface area contributed by atoms with Gasteiger partial charge in [-0.2, -0.15) is 0 Å². The molecule has 0 amide bonds. The van der Waals surface area contributed by atoms with Crippen molar-refractivity contribution in [3.05, 3.63) is 24.2 Å². The molecule has 1 heterocycles. The molecular formula is C10H16O. The Morgan fingerprint density at radius 1 is 1.55 bits per heavy atom. The van der Waals surface area contributed by atoms with Crippen molar-refractivity contribution in [1.82, 2.24) is 0 Å². The summed E-state index contributed by atoms with van der Waals surface area (Å²) >= 11 is 0. The highest BCUT2D eigenvalue weighted by Gasteiger charge is 2.03. The fraction of sp³-hybridized carbons (Fsp3) is 0.600. The van der Waals surface area contributed by atoms with Gasteiger partial charge in [0, 0.05) is 6.42 Å². The molecule has 62 valence electrons. The number of hydrogen-bond acceptors (Lipinski definition) is 1. The number of furan rings is 1. The molecule has 0 saturated carbocycles. The molecule has 0 radical (unpaired) electrons. The Morgan fingerprint density at radius 2 is 2.36 bits per heavy atom. The van der Waals surface area contributed by atoms with Gasteiger partial charge in [-0.3, -0.25) is 0 Å². The van der Waals surface area contributed by atoms with Crippen LogP contribution >= 0.6 is 0 Å². The second-order valence-corrected chi connectivity index (χ2v) is 3.18. The van der Waals surface area contributed by atoms with Crippen LogP contribution in [0.1, 0.15) is 32.4 Å². The van der Waals surface area contributed by atoms with E-state index >= 15 is 0 Å². The Labute approximate surface area is 68.4 Å². The topological polar surface area (TPSA) is 13.1 Å². The Balaban J connectivity index is 2.31. The molecule has 11 heavy (non-hydrogen) atoms. The second kappa shape index (κ2) is 4.22. The molecule has 0 aliphatic carbocycles. The summed E-state index contributed by atoms with van der Waals surface area (Å²) in [5, 5.41) is 0. The maximum Gasteiger partial charge on any atom is 0.104 e. The van der Waals surface area contributed by atoms with Gasteiger partial charge in [-0.25, -0.2) is 0 Å². The van der Waals surface area contributed by atoms with E-state index in [2.05, 4.69) is 13.8 Å². The molecular weight excluding hydrogens is 136 g/mol. The van der Waals surface area contributed by atoms with Crippen LogP contribution in [0.3, 0.4) is 0 Å². The first kappa shape index (κ1) is 8.38. The predicted molar refractivity (Wildman–Crippen MR) is 46.5 cm³/mol. The summed E-state index contributed by atoms with van der Waals surface area (Å²) < 4.78 is 5.25. The van der Waals surface area contributed by atoms with Crippen LogP contribution in [0.4, 0.5) is 0 Å². The van der Waals surface area contributed by atoms with Crippen LogP contribution < -0.4 is 0 Å². The Hall–Kier alpha value is -0.720. The lowest BCUT2D eigenvalue weighted by molar-refractivity contribution is 0.438. The molecule has 0 aliphatic rings. The minimum Gasteiger partial charge on any atom is -0.469 e. The smallest absolute Gasteiger partial charge is 0.104 e. The first-order valence-electron chi connectivity index (χ1n) is 4.35. The second-order valence-electron chi connectivity index (χ2n) is 3.18. The Kier molecular flexibility index (Phi) is 3.21. The van der Waals surface area contributed by atoms with E-state index in [1.165, 1.54) is 12.8 Å². The van der Waals surface area contributed by atoms with Gasteiger partial charge in [-0.05, 0) is 18.1 Å². The van der Waals surface area contributed by atoms with Gasteiger partial charge < -0.3 is 4.42 Å². The maximum atomic E-state index is 5.25. The van der Waals surface area contributed by atoms with E-state index in [0.29, 0.717) is 0 Å². The quantitative estimate of drug-likeness (QED) is 0.645. The highest BCUT2D eigenvalue weighted by Crippen LogP contribution is 2.13. The summed E-state index contributed by atoms with van der Waals surface area (Å²) in [6, 6.07) is 4.00. The zero-order valence-corrected chi connectivity index (χ0v) is 7.34. The van der Waals surface area contributed by atoms with E-state index in [1.807, 2.05) is 12.1 Å². The van der Waals surface area contributed by atoms with Crippen molar-refractivity contribution in [2.24, 2.45) is 5.92 Å². The molecule has 1 unspecified atom stereocenters. The average Bonchev–Trinajstić information content (AvgIpc) is 2.40. The van der Waals surface area contributed by atoms with Crippen molar-refractivity contribution in [2.75, 3.05) is 0 Å². The summed E-state index contributed by atoms with van der Waals surface area (Å²) in [7, 11) is 0. The van der Waals surface area contributed by atoms with E-state index in [0.717, 1.165) is 18.1 Å². The van der Waals surface area contributed by atoms with Crippen LogP contribution in [0.5, 0.6) is 0 Å². The van der Waals surface area contributed by atoms with Crippen LogP contribution in [0.2, 0.25) is 0 Å². The van der Waals surface area contributed by atoms with Gasteiger partial charge in [0.25, 0.3) is 0 Å². The third-order valence-electron chi connectivity index (χ3n) is 1.91.